The number of carboxylic acid groups (broad SMARTS) is 1. The number of halogens is 3. The zero-order chi connectivity index (χ0) is 17.3. The summed E-state index contributed by atoms with van der Waals surface area (Å²) < 4.78 is 38.9. The van der Waals surface area contributed by atoms with Gasteiger partial charge in [-0.3, -0.25) is 9.59 Å². The van der Waals surface area contributed by atoms with E-state index in [4.69, 9.17) is 0 Å². The molecule has 126 valence electrons. The molecule has 0 aliphatic carbocycles. The molecule has 2 rings (SSSR count). The van der Waals surface area contributed by atoms with Crippen LogP contribution >= 0.6 is 0 Å². The summed E-state index contributed by atoms with van der Waals surface area (Å²) >= 11 is 0. The predicted molar refractivity (Wildman–Crippen MR) is 76.7 cm³/mol. The minimum Gasteiger partial charge on any atom is -0.481 e. The van der Waals surface area contributed by atoms with Crippen LogP contribution in [0.4, 0.5) is 13.2 Å². The maximum atomic E-state index is 13.0. The molecule has 0 bridgehead atoms. The van der Waals surface area contributed by atoms with E-state index in [0.717, 1.165) is 6.07 Å². The Morgan fingerprint density at radius 3 is 2.57 bits per heavy atom. The predicted octanol–water partition coefficient (Wildman–Crippen LogP) is 2.96. The molecule has 1 fully saturated rings. The van der Waals surface area contributed by atoms with Gasteiger partial charge >= 0.3 is 12.1 Å². The van der Waals surface area contributed by atoms with E-state index in [1.54, 1.807) is 6.92 Å². The molecule has 1 aromatic carbocycles. The first kappa shape index (κ1) is 17.3. The molecule has 1 aliphatic heterocycles. The summed E-state index contributed by atoms with van der Waals surface area (Å²) in [5, 5.41) is 9.25. The highest BCUT2D eigenvalue weighted by molar-refractivity contribution is 5.81. The summed E-state index contributed by atoms with van der Waals surface area (Å²) in [6.45, 7) is 1.95. The van der Waals surface area contributed by atoms with E-state index in [0.29, 0.717) is 19.4 Å². The molecular formula is C16H18F3NO3. The summed E-state index contributed by atoms with van der Waals surface area (Å²) in [7, 11) is 0. The molecule has 0 spiro atoms. The van der Waals surface area contributed by atoms with E-state index in [9.17, 15) is 27.9 Å². The Morgan fingerprint density at radius 1 is 1.30 bits per heavy atom. The van der Waals surface area contributed by atoms with Crippen molar-refractivity contribution in [3.8, 4) is 0 Å². The topological polar surface area (TPSA) is 57.6 Å². The Hall–Kier alpha value is -2.05. The van der Waals surface area contributed by atoms with E-state index in [1.807, 2.05) is 0 Å². The van der Waals surface area contributed by atoms with Crippen molar-refractivity contribution < 1.29 is 27.9 Å². The third-order valence-electron chi connectivity index (χ3n) is 4.23. The van der Waals surface area contributed by atoms with Gasteiger partial charge in [0.25, 0.3) is 0 Å². The van der Waals surface area contributed by atoms with Gasteiger partial charge in [0.2, 0.25) is 5.91 Å². The van der Waals surface area contributed by atoms with Gasteiger partial charge in [0.05, 0.1) is 17.4 Å². The van der Waals surface area contributed by atoms with Gasteiger partial charge in [-0.15, -0.1) is 0 Å². The number of alkyl halides is 3. The largest absolute Gasteiger partial charge is 0.481 e. The summed E-state index contributed by atoms with van der Waals surface area (Å²) in [6.07, 6.45) is -3.93. The van der Waals surface area contributed by atoms with Crippen molar-refractivity contribution in [2.45, 2.75) is 32.4 Å². The van der Waals surface area contributed by atoms with Gasteiger partial charge in [0, 0.05) is 13.1 Å². The molecule has 1 aliphatic rings. The van der Waals surface area contributed by atoms with Gasteiger partial charge in [-0.25, -0.2) is 0 Å². The smallest absolute Gasteiger partial charge is 0.416 e. The molecule has 1 atom stereocenters. The third kappa shape index (κ3) is 3.83. The molecule has 0 saturated carbocycles. The van der Waals surface area contributed by atoms with Crippen LogP contribution in [0.3, 0.4) is 0 Å². The number of hydrogen-bond acceptors (Lipinski definition) is 2. The molecule has 1 unspecified atom stereocenters. The second-order valence-corrected chi connectivity index (χ2v) is 6.12. The Bertz CT molecular complexity index is 615. The highest BCUT2D eigenvalue weighted by atomic mass is 19.4. The van der Waals surface area contributed by atoms with Crippen LogP contribution in [0.25, 0.3) is 0 Å². The van der Waals surface area contributed by atoms with Crippen molar-refractivity contribution in [3.05, 3.63) is 35.4 Å². The molecule has 1 amide bonds. The fourth-order valence-corrected chi connectivity index (χ4v) is 2.85. The van der Waals surface area contributed by atoms with Crippen molar-refractivity contribution in [1.82, 2.24) is 4.90 Å². The van der Waals surface area contributed by atoms with Crippen LogP contribution in [0.5, 0.6) is 0 Å². The van der Waals surface area contributed by atoms with Gasteiger partial charge in [0.15, 0.2) is 0 Å². The van der Waals surface area contributed by atoms with Crippen LogP contribution in [0.15, 0.2) is 24.3 Å². The van der Waals surface area contributed by atoms with Crippen molar-refractivity contribution >= 4 is 11.9 Å². The lowest BCUT2D eigenvalue weighted by molar-refractivity contribution is -0.153. The number of carboxylic acids is 1. The van der Waals surface area contributed by atoms with Gasteiger partial charge in [-0.2, -0.15) is 13.2 Å². The Labute approximate surface area is 131 Å². The third-order valence-corrected chi connectivity index (χ3v) is 4.23. The van der Waals surface area contributed by atoms with Crippen LogP contribution < -0.4 is 0 Å². The van der Waals surface area contributed by atoms with Crippen molar-refractivity contribution in [3.63, 3.8) is 0 Å². The average Bonchev–Trinajstić information content (AvgIpc) is 2.46. The second kappa shape index (κ2) is 6.22. The number of rotatable bonds is 3. The first-order valence-corrected chi connectivity index (χ1v) is 7.30. The SMILES string of the molecule is CC1(C(=O)O)CCCN(C(=O)Cc2ccccc2C(F)(F)F)C1. The molecule has 23 heavy (non-hydrogen) atoms. The minimum atomic E-state index is -4.52. The van der Waals surface area contributed by atoms with Gasteiger partial charge in [-0.1, -0.05) is 18.2 Å². The Morgan fingerprint density at radius 2 is 1.96 bits per heavy atom. The molecular weight excluding hydrogens is 311 g/mol. The fourth-order valence-electron chi connectivity index (χ4n) is 2.85. The first-order chi connectivity index (χ1) is 10.6. The van der Waals surface area contributed by atoms with Crippen molar-refractivity contribution in [2.75, 3.05) is 13.1 Å². The van der Waals surface area contributed by atoms with Crippen LogP contribution in [0.1, 0.15) is 30.9 Å². The standard InChI is InChI=1S/C16H18F3NO3/c1-15(14(22)23)7-4-8-20(10-15)13(21)9-11-5-2-3-6-12(11)16(17,18)19/h2-3,5-6H,4,7-10H2,1H3,(H,22,23). The highest BCUT2D eigenvalue weighted by Crippen LogP contribution is 2.33. The normalized spacial score (nSPS) is 22.0. The lowest BCUT2D eigenvalue weighted by Gasteiger charge is -2.37. The first-order valence-electron chi connectivity index (χ1n) is 7.30. The van der Waals surface area contributed by atoms with Crippen LogP contribution in [0.2, 0.25) is 0 Å². The number of likely N-dealkylation sites (tertiary alicyclic amines) is 1. The highest BCUT2D eigenvalue weighted by Gasteiger charge is 2.40. The van der Waals surface area contributed by atoms with Crippen LogP contribution in [-0.4, -0.2) is 35.0 Å². The summed E-state index contributed by atoms with van der Waals surface area (Å²) in [4.78, 5) is 25.0. The van der Waals surface area contributed by atoms with E-state index >= 15 is 0 Å². The summed E-state index contributed by atoms with van der Waals surface area (Å²) in [5.74, 6) is -1.47. The lowest BCUT2D eigenvalue weighted by Crippen LogP contribution is -2.48. The molecule has 1 saturated heterocycles. The zero-order valence-corrected chi connectivity index (χ0v) is 12.7. The quantitative estimate of drug-likeness (QED) is 0.927. The summed E-state index contributed by atoms with van der Waals surface area (Å²) in [5.41, 5.74) is -1.96. The number of hydrogen-bond donors (Lipinski definition) is 1. The molecule has 7 heteroatoms. The number of nitrogens with zero attached hydrogens (tertiary/aromatic N) is 1. The molecule has 0 radical (unpaired) electrons. The number of carbonyl (C=O) groups excluding carboxylic acids is 1. The van der Waals surface area contributed by atoms with Gasteiger partial charge < -0.3 is 10.0 Å². The van der Waals surface area contributed by atoms with Crippen LogP contribution in [0, 0.1) is 5.41 Å². The molecule has 0 aromatic heterocycles. The monoisotopic (exact) mass is 329 g/mol. The number of piperidine rings is 1. The average molecular weight is 329 g/mol. The van der Waals surface area contributed by atoms with Crippen molar-refractivity contribution in [2.24, 2.45) is 5.41 Å². The van der Waals surface area contributed by atoms with E-state index in [-0.39, 0.29) is 18.5 Å². The number of amides is 1. The Balaban J connectivity index is 2.16. The van der Waals surface area contributed by atoms with Gasteiger partial charge in [0.1, 0.15) is 0 Å². The maximum Gasteiger partial charge on any atom is 0.416 e. The molecule has 4 nitrogen and oxygen atoms in total. The van der Waals surface area contributed by atoms with E-state index < -0.39 is 29.0 Å². The second-order valence-electron chi connectivity index (χ2n) is 6.12. The van der Waals surface area contributed by atoms with E-state index in [1.165, 1.54) is 23.1 Å². The fraction of sp³-hybridized carbons (Fsp3) is 0.500. The van der Waals surface area contributed by atoms with Crippen molar-refractivity contribution in [1.29, 1.82) is 0 Å². The summed E-state index contributed by atoms with van der Waals surface area (Å²) in [6, 6.07) is 4.95. The van der Waals surface area contributed by atoms with Gasteiger partial charge in [-0.05, 0) is 31.4 Å². The molecule has 1 N–H and O–H groups in total. The maximum absolute atomic E-state index is 13.0. The Kier molecular flexibility index (Phi) is 4.68. The number of aliphatic carboxylic acids is 1. The number of benzene rings is 1. The van der Waals surface area contributed by atoms with E-state index in [2.05, 4.69) is 0 Å². The van der Waals surface area contributed by atoms with Crippen LogP contribution in [-0.2, 0) is 22.2 Å². The molecule has 1 heterocycles. The number of carbonyl (C=O) groups is 2. The molecule has 1 aromatic rings. The minimum absolute atomic E-state index is 0.0232. The zero-order valence-electron chi connectivity index (χ0n) is 12.7. The lowest BCUT2D eigenvalue weighted by atomic mass is 9.82.